The zero-order chi connectivity index (χ0) is 14.3. The van der Waals surface area contributed by atoms with E-state index < -0.39 is 4.92 Å². The molecular weight excluding hydrogens is 266 g/mol. The lowest BCUT2D eigenvalue weighted by molar-refractivity contribution is -0.422. The summed E-state index contributed by atoms with van der Waals surface area (Å²) in [4.78, 5) is 22.0. The van der Waals surface area contributed by atoms with E-state index in [4.69, 9.17) is 0 Å². The van der Waals surface area contributed by atoms with E-state index in [1.165, 1.54) is 20.1 Å². The number of esters is 1. The van der Waals surface area contributed by atoms with Gasteiger partial charge in [0.15, 0.2) is 0 Å². The predicted octanol–water partition coefficient (Wildman–Crippen LogP) is 2.98. The maximum absolute atomic E-state index is 10.9. The summed E-state index contributed by atoms with van der Waals surface area (Å²) in [7, 11) is 1.37. The van der Waals surface area contributed by atoms with Crippen molar-refractivity contribution in [2.45, 2.75) is 18.2 Å². The molecule has 0 heterocycles. The minimum atomic E-state index is -0.418. The summed E-state index contributed by atoms with van der Waals surface area (Å²) >= 11 is 1.54. The van der Waals surface area contributed by atoms with Gasteiger partial charge in [0.05, 0.1) is 18.5 Å². The van der Waals surface area contributed by atoms with Gasteiger partial charge < -0.3 is 4.74 Å². The van der Waals surface area contributed by atoms with Crippen LogP contribution in [-0.2, 0) is 9.53 Å². The van der Waals surface area contributed by atoms with E-state index >= 15 is 0 Å². The quantitative estimate of drug-likeness (QED) is 0.347. The van der Waals surface area contributed by atoms with Crippen LogP contribution in [0, 0.1) is 10.1 Å². The number of carbonyl (C=O) groups is 1. The summed E-state index contributed by atoms with van der Waals surface area (Å²) in [5.74, 6) is 0.421. The molecule has 0 unspecified atom stereocenters. The number of nitro groups is 1. The van der Waals surface area contributed by atoms with Gasteiger partial charge in [-0.1, -0.05) is 12.1 Å². The van der Waals surface area contributed by atoms with Gasteiger partial charge in [-0.25, -0.2) is 0 Å². The zero-order valence-corrected chi connectivity index (χ0v) is 11.6. The van der Waals surface area contributed by atoms with Crippen molar-refractivity contribution in [1.82, 2.24) is 0 Å². The Balaban J connectivity index is 2.55. The lowest BCUT2D eigenvalue weighted by Crippen LogP contribution is -2.00. The Morgan fingerprint density at radius 3 is 2.58 bits per heavy atom. The van der Waals surface area contributed by atoms with E-state index in [0.29, 0.717) is 12.2 Å². The van der Waals surface area contributed by atoms with Crippen LogP contribution in [0.2, 0.25) is 0 Å². The maximum atomic E-state index is 10.9. The summed E-state index contributed by atoms with van der Waals surface area (Å²) in [6.07, 6.45) is 1.88. The molecule has 0 aliphatic heterocycles. The Morgan fingerprint density at radius 1 is 1.42 bits per heavy atom. The Bertz CT molecular complexity index is 482. The monoisotopic (exact) mass is 281 g/mol. The van der Waals surface area contributed by atoms with Crippen LogP contribution in [0.25, 0.3) is 6.08 Å². The average Bonchev–Trinajstić information content (AvgIpc) is 2.40. The van der Waals surface area contributed by atoms with Crippen molar-refractivity contribution in [3.05, 3.63) is 45.6 Å². The standard InChI is InChI=1S/C13H15NO4S/c1-10(14(16)17)9-11-3-5-12(6-4-11)19-8-7-13(15)18-2/h3-6,9H,7-8H2,1-2H3/b10-9+. The molecule has 0 aliphatic carbocycles. The summed E-state index contributed by atoms with van der Waals surface area (Å²) in [5.41, 5.74) is 0.887. The Morgan fingerprint density at radius 2 is 2.05 bits per heavy atom. The first kappa shape index (κ1) is 15.2. The van der Waals surface area contributed by atoms with Crippen molar-refractivity contribution < 1.29 is 14.5 Å². The van der Waals surface area contributed by atoms with E-state index in [1.807, 2.05) is 24.3 Å². The van der Waals surface area contributed by atoms with E-state index in [1.54, 1.807) is 11.8 Å². The third kappa shape index (κ3) is 5.56. The van der Waals surface area contributed by atoms with Gasteiger partial charge in [-0.2, -0.15) is 0 Å². The third-order valence-corrected chi connectivity index (χ3v) is 3.36. The topological polar surface area (TPSA) is 69.4 Å². The molecule has 6 heteroatoms. The minimum absolute atomic E-state index is 0.103. The number of thioether (sulfide) groups is 1. The highest BCUT2D eigenvalue weighted by atomic mass is 32.2. The van der Waals surface area contributed by atoms with Gasteiger partial charge in [0.2, 0.25) is 5.70 Å². The number of nitrogens with zero attached hydrogens (tertiary/aromatic N) is 1. The number of benzene rings is 1. The van der Waals surface area contributed by atoms with Gasteiger partial charge in [0.1, 0.15) is 0 Å². The molecule has 1 aromatic carbocycles. The van der Waals surface area contributed by atoms with Crippen LogP contribution in [0.15, 0.2) is 34.9 Å². The van der Waals surface area contributed by atoms with Crippen molar-refractivity contribution in [3.8, 4) is 0 Å². The summed E-state index contributed by atoms with van der Waals surface area (Å²) < 4.78 is 4.55. The van der Waals surface area contributed by atoms with Crippen LogP contribution in [-0.4, -0.2) is 23.8 Å². The second kappa shape index (κ2) is 7.58. The SMILES string of the molecule is COC(=O)CCSc1ccc(/C=C(\C)[N+](=O)[O-])cc1. The van der Waals surface area contributed by atoms with Crippen LogP contribution >= 0.6 is 11.8 Å². The highest BCUT2D eigenvalue weighted by Gasteiger charge is 2.03. The number of ether oxygens (including phenoxy) is 1. The molecule has 0 fully saturated rings. The van der Waals surface area contributed by atoms with Crippen molar-refractivity contribution >= 4 is 23.8 Å². The molecule has 0 bridgehead atoms. The first-order chi connectivity index (χ1) is 9.02. The molecule has 0 N–H and O–H groups in total. The summed E-state index contributed by atoms with van der Waals surface area (Å²) in [6, 6.07) is 7.38. The van der Waals surface area contributed by atoms with E-state index in [0.717, 1.165) is 10.5 Å². The van der Waals surface area contributed by atoms with E-state index in [2.05, 4.69) is 4.74 Å². The van der Waals surface area contributed by atoms with Crippen molar-refractivity contribution in [1.29, 1.82) is 0 Å². The first-order valence-electron chi connectivity index (χ1n) is 5.65. The summed E-state index contributed by atoms with van der Waals surface area (Å²) in [6.45, 7) is 1.46. The van der Waals surface area contributed by atoms with Gasteiger partial charge >= 0.3 is 5.97 Å². The number of hydrogen-bond acceptors (Lipinski definition) is 5. The molecule has 5 nitrogen and oxygen atoms in total. The van der Waals surface area contributed by atoms with Crippen LogP contribution < -0.4 is 0 Å². The lowest BCUT2D eigenvalue weighted by atomic mass is 10.2. The fourth-order valence-electron chi connectivity index (χ4n) is 1.31. The molecule has 0 aromatic heterocycles. The van der Waals surface area contributed by atoms with Crippen LogP contribution in [0.1, 0.15) is 18.9 Å². The molecule has 102 valence electrons. The van der Waals surface area contributed by atoms with Crippen molar-refractivity contribution in [3.63, 3.8) is 0 Å². The lowest BCUT2D eigenvalue weighted by Gasteiger charge is -2.01. The number of methoxy groups -OCH3 is 1. The minimum Gasteiger partial charge on any atom is -0.469 e. The highest BCUT2D eigenvalue weighted by Crippen LogP contribution is 2.20. The molecule has 0 aliphatic rings. The second-order valence-electron chi connectivity index (χ2n) is 3.79. The van der Waals surface area contributed by atoms with Crippen LogP contribution in [0.3, 0.4) is 0 Å². The first-order valence-corrected chi connectivity index (χ1v) is 6.64. The molecule has 0 spiro atoms. The molecule has 0 atom stereocenters. The Hall–Kier alpha value is -1.82. The van der Waals surface area contributed by atoms with Crippen LogP contribution in [0.4, 0.5) is 0 Å². The van der Waals surface area contributed by atoms with Gasteiger partial charge in [-0.3, -0.25) is 14.9 Å². The zero-order valence-electron chi connectivity index (χ0n) is 10.8. The molecule has 0 saturated heterocycles. The Labute approximate surface area is 115 Å². The Kier molecular flexibility index (Phi) is 6.08. The maximum Gasteiger partial charge on any atom is 0.306 e. The fraction of sp³-hybridized carbons (Fsp3) is 0.308. The molecule has 0 saturated carbocycles. The predicted molar refractivity (Wildman–Crippen MR) is 74.4 cm³/mol. The van der Waals surface area contributed by atoms with Gasteiger partial charge in [-0.05, 0) is 17.7 Å². The number of rotatable bonds is 6. The molecule has 1 aromatic rings. The second-order valence-corrected chi connectivity index (χ2v) is 4.95. The van der Waals surface area contributed by atoms with Gasteiger partial charge in [0, 0.05) is 23.6 Å². The van der Waals surface area contributed by atoms with Gasteiger partial charge in [0.25, 0.3) is 0 Å². The van der Waals surface area contributed by atoms with Crippen molar-refractivity contribution in [2.24, 2.45) is 0 Å². The van der Waals surface area contributed by atoms with Crippen LogP contribution in [0.5, 0.6) is 0 Å². The summed E-state index contributed by atoms with van der Waals surface area (Å²) in [5, 5.41) is 10.5. The van der Waals surface area contributed by atoms with Crippen molar-refractivity contribution in [2.75, 3.05) is 12.9 Å². The largest absolute Gasteiger partial charge is 0.469 e. The smallest absolute Gasteiger partial charge is 0.306 e. The third-order valence-electron chi connectivity index (χ3n) is 2.35. The molecule has 19 heavy (non-hydrogen) atoms. The molecular formula is C13H15NO4S. The van der Waals surface area contributed by atoms with E-state index in [-0.39, 0.29) is 11.7 Å². The molecule has 0 radical (unpaired) electrons. The number of hydrogen-bond donors (Lipinski definition) is 0. The average molecular weight is 281 g/mol. The van der Waals surface area contributed by atoms with E-state index in [9.17, 15) is 14.9 Å². The number of allylic oxidation sites excluding steroid dienone is 1. The normalized spacial score (nSPS) is 11.2. The van der Waals surface area contributed by atoms with Gasteiger partial charge in [-0.15, -0.1) is 11.8 Å². The highest BCUT2D eigenvalue weighted by molar-refractivity contribution is 7.99. The molecule has 1 rings (SSSR count). The fourth-order valence-corrected chi connectivity index (χ4v) is 2.14. The number of carbonyl (C=O) groups excluding carboxylic acids is 1. The molecule has 0 amide bonds.